The zero-order chi connectivity index (χ0) is 25.9. The summed E-state index contributed by atoms with van der Waals surface area (Å²) in [5.74, 6) is -0.398. The van der Waals surface area contributed by atoms with E-state index in [4.69, 9.17) is 9.84 Å². The average Bonchev–Trinajstić information content (AvgIpc) is 3.13. The fourth-order valence-corrected chi connectivity index (χ4v) is 3.83. The molecule has 1 aromatic rings. The third kappa shape index (κ3) is 13.9. The fourth-order valence-electron chi connectivity index (χ4n) is 3.83. The third-order valence-corrected chi connectivity index (χ3v) is 5.98. The van der Waals surface area contributed by atoms with Crippen LogP contribution in [0.2, 0.25) is 0 Å². The van der Waals surface area contributed by atoms with Crippen molar-refractivity contribution in [2.75, 3.05) is 13.7 Å². The van der Waals surface area contributed by atoms with Gasteiger partial charge in [0.05, 0.1) is 25.5 Å². The molecule has 0 aliphatic heterocycles. The minimum atomic E-state index is -0.453. The van der Waals surface area contributed by atoms with Crippen molar-refractivity contribution in [1.29, 1.82) is 0 Å². The zero-order valence-corrected chi connectivity index (χ0v) is 22.3. The van der Waals surface area contributed by atoms with Gasteiger partial charge >= 0.3 is 11.9 Å². The number of esters is 2. The van der Waals surface area contributed by atoms with Crippen molar-refractivity contribution in [3.63, 3.8) is 0 Å². The molecule has 0 bridgehead atoms. The van der Waals surface area contributed by atoms with Gasteiger partial charge in [-0.05, 0) is 57.9 Å². The van der Waals surface area contributed by atoms with Gasteiger partial charge in [-0.1, -0.05) is 50.8 Å². The van der Waals surface area contributed by atoms with Crippen molar-refractivity contribution in [3.05, 3.63) is 35.2 Å². The molecule has 0 fully saturated rings. The van der Waals surface area contributed by atoms with Gasteiger partial charge < -0.3 is 14.6 Å². The molecule has 0 radical (unpaired) electrons. The van der Waals surface area contributed by atoms with Crippen LogP contribution in [0.15, 0.2) is 18.2 Å². The van der Waals surface area contributed by atoms with E-state index in [2.05, 4.69) is 35.4 Å². The molecule has 0 spiro atoms. The smallest absolute Gasteiger partial charge is 0.305 e. The van der Waals surface area contributed by atoms with Crippen molar-refractivity contribution >= 4 is 18.0 Å². The molecule has 1 unspecified atom stereocenters. The number of hydrogen-bond acceptors (Lipinski definition) is 6. The van der Waals surface area contributed by atoms with E-state index in [1.165, 1.54) is 19.6 Å². The minimum absolute atomic E-state index is 0.174. The fraction of sp³-hybridized carbons (Fsp3) is 0.679. The SMILES string of the molecule is CCCCCC(O)C=Cc1nn(CCCCCCOC(C)=O)c(C)c1C/C=C\CCCC(=O)OC. The molecule has 1 rings (SSSR count). The van der Waals surface area contributed by atoms with Crippen molar-refractivity contribution in [3.8, 4) is 0 Å². The van der Waals surface area contributed by atoms with Crippen molar-refractivity contribution < 1.29 is 24.2 Å². The summed E-state index contributed by atoms with van der Waals surface area (Å²) < 4.78 is 11.7. The Kier molecular flexibility index (Phi) is 16.5. The quantitative estimate of drug-likeness (QED) is 0.152. The number of hydrogen-bond donors (Lipinski definition) is 1. The van der Waals surface area contributed by atoms with Gasteiger partial charge in [0, 0.05) is 31.1 Å². The van der Waals surface area contributed by atoms with Crippen LogP contribution in [0, 0.1) is 6.92 Å². The van der Waals surface area contributed by atoms with Crippen LogP contribution in [0.3, 0.4) is 0 Å². The second kappa shape index (κ2) is 18.9. The van der Waals surface area contributed by atoms with Crippen LogP contribution in [0.4, 0.5) is 0 Å². The molecule has 0 aliphatic rings. The number of allylic oxidation sites excluding steroid dienone is 2. The number of aliphatic hydroxyl groups is 1. The minimum Gasteiger partial charge on any atom is -0.469 e. The number of aliphatic hydroxyl groups excluding tert-OH is 1. The summed E-state index contributed by atoms with van der Waals surface area (Å²) in [6, 6.07) is 0. The number of unbranched alkanes of at least 4 members (excludes halogenated alkanes) is 6. The van der Waals surface area contributed by atoms with Gasteiger partial charge in [0.1, 0.15) is 0 Å². The van der Waals surface area contributed by atoms with Gasteiger partial charge in [-0.3, -0.25) is 14.3 Å². The Balaban J connectivity index is 2.72. The van der Waals surface area contributed by atoms with Gasteiger partial charge in [0.15, 0.2) is 0 Å². The number of nitrogens with zero attached hydrogens (tertiary/aromatic N) is 2. The molecule has 1 heterocycles. The van der Waals surface area contributed by atoms with E-state index in [1.54, 1.807) is 0 Å². The molecular formula is C28H46N2O5. The molecule has 35 heavy (non-hydrogen) atoms. The maximum atomic E-state index is 11.2. The first-order chi connectivity index (χ1) is 16.9. The largest absolute Gasteiger partial charge is 0.469 e. The predicted molar refractivity (Wildman–Crippen MR) is 140 cm³/mol. The Morgan fingerprint density at radius 2 is 1.86 bits per heavy atom. The van der Waals surface area contributed by atoms with Gasteiger partial charge in [-0.15, -0.1) is 0 Å². The van der Waals surface area contributed by atoms with Crippen LogP contribution in [0.5, 0.6) is 0 Å². The summed E-state index contributed by atoms with van der Waals surface area (Å²) >= 11 is 0. The first-order valence-corrected chi connectivity index (χ1v) is 13.2. The second-order valence-electron chi connectivity index (χ2n) is 8.99. The normalized spacial score (nSPS) is 12.5. The maximum Gasteiger partial charge on any atom is 0.305 e. The molecule has 7 nitrogen and oxygen atoms in total. The van der Waals surface area contributed by atoms with E-state index in [1.807, 2.05) is 12.2 Å². The highest BCUT2D eigenvalue weighted by Crippen LogP contribution is 2.19. The van der Waals surface area contributed by atoms with Crippen LogP contribution in [0.25, 0.3) is 6.08 Å². The van der Waals surface area contributed by atoms with Crippen LogP contribution in [0.1, 0.15) is 101 Å². The lowest BCUT2D eigenvalue weighted by atomic mass is 10.1. The monoisotopic (exact) mass is 490 g/mol. The van der Waals surface area contributed by atoms with Crippen molar-refractivity contribution in [2.45, 2.75) is 110 Å². The number of methoxy groups -OCH3 is 1. The van der Waals surface area contributed by atoms with Gasteiger partial charge in [0.2, 0.25) is 0 Å². The molecule has 0 amide bonds. The number of rotatable bonds is 19. The van der Waals surface area contributed by atoms with Crippen LogP contribution in [-0.2, 0) is 32.0 Å². The highest BCUT2D eigenvalue weighted by molar-refractivity contribution is 5.69. The molecule has 1 atom stereocenters. The Morgan fingerprint density at radius 3 is 2.57 bits per heavy atom. The number of ether oxygens (including phenoxy) is 2. The first kappa shape index (κ1) is 30.6. The summed E-state index contributed by atoms with van der Waals surface area (Å²) in [4.78, 5) is 22.1. The first-order valence-electron chi connectivity index (χ1n) is 13.2. The lowest BCUT2D eigenvalue weighted by Gasteiger charge is -2.05. The van der Waals surface area contributed by atoms with E-state index in [0.717, 1.165) is 88.6 Å². The Hall–Kier alpha value is -2.41. The Morgan fingerprint density at radius 1 is 1.09 bits per heavy atom. The number of carbonyl (C=O) groups excluding carboxylic acids is 2. The molecule has 7 heteroatoms. The van der Waals surface area contributed by atoms with Crippen molar-refractivity contribution in [1.82, 2.24) is 9.78 Å². The van der Waals surface area contributed by atoms with E-state index >= 15 is 0 Å². The lowest BCUT2D eigenvalue weighted by molar-refractivity contribution is -0.141. The standard InChI is InChI=1S/C28H46N2O5/c1-5-6-11-16-25(32)19-20-27-26(17-12-7-8-13-18-28(33)34-4)23(2)30(29-27)21-14-9-10-15-22-35-24(3)31/h7,12,19-20,25,32H,5-6,8-11,13-18,21-22H2,1-4H3/b12-7-,20-19?. The number of aryl methyl sites for hydroxylation is 1. The Bertz CT molecular complexity index is 798. The Labute approximate surface area is 211 Å². The highest BCUT2D eigenvalue weighted by atomic mass is 16.5. The summed E-state index contributed by atoms with van der Waals surface area (Å²) in [6.45, 7) is 7.02. The summed E-state index contributed by atoms with van der Waals surface area (Å²) in [5.41, 5.74) is 3.22. The topological polar surface area (TPSA) is 90.6 Å². The lowest BCUT2D eigenvalue weighted by Crippen LogP contribution is -2.04. The summed E-state index contributed by atoms with van der Waals surface area (Å²) in [7, 11) is 1.41. The molecule has 0 saturated heterocycles. The summed E-state index contributed by atoms with van der Waals surface area (Å²) in [5, 5.41) is 15.2. The maximum absolute atomic E-state index is 11.2. The van der Waals surface area contributed by atoms with E-state index in [0.29, 0.717) is 13.0 Å². The number of carbonyl (C=O) groups is 2. The molecule has 1 aromatic heterocycles. The summed E-state index contributed by atoms with van der Waals surface area (Å²) in [6.07, 6.45) is 18.4. The van der Waals surface area contributed by atoms with E-state index < -0.39 is 6.10 Å². The zero-order valence-electron chi connectivity index (χ0n) is 22.3. The van der Waals surface area contributed by atoms with Gasteiger partial charge in [-0.2, -0.15) is 5.10 Å². The molecular weight excluding hydrogens is 444 g/mol. The van der Waals surface area contributed by atoms with Gasteiger partial charge in [-0.25, -0.2) is 0 Å². The van der Waals surface area contributed by atoms with Crippen LogP contribution in [-0.4, -0.2) is 46.6 Å². The van der Waals surface area contributed by atoms with E-state index in [9.17, 15) is 14.7 Å². The molecule has 0 aliphatic carbocycles. The molecule has 198 valence electrons. The highest BCUT2D eigenvalue weighted by Gasteiger charge is 2.12. The van der Waals surface area contributed by atoms with Gasteiger partial charge in [0.25, 0.3) is 0 Å². The second-order valence-corrected chi connectivity index (χ2v) is 8.99. The third-order valence-electron chi connectivity index (χ3n) is 5.98. The van der Waals surface area contributed by atoms with Crippen molar-refractivity contribution in [2.24, 2.45) is 0 Å². The predicted octanol–water partition coefficient (Wildman–Crippen LogP) is 5.71. The number of aromatic nitrogens is 2. The average molecular weight is 491 g/mol. The molecule has 0 aromatic carbocycles. The van der Waals surface area contributed by atoms with E-state index in [-0.39, 0.29) is 11.9 Å². The van der Waals surface area contributed by atoms with Crippen LogP contribution >= 0.6 is 0 Å². The van der Waals surface area contributed by atoms with Crippen LogP contribution < -0.4 is 0 Å². The molecule has 0 saturated carbocycles. The molecule has 1 N–H and O–H groups in total.